The molecule has 0 aliphatic heterocycles. The smallest absolute Gasteiger partial charge is 0.327 e. The normalized spacial score (nSPS) is 12.5. The molecule has 1 aromatic carbocycles. The van der Waals surface area contributed by atoms with Crippen LogP contribution in [0.5, 0.6) is 0 Å². The Morgan fingerprint density at radius 1 is 1.53 bits per heavy atom. The molecule has 0 aromatic heterocycles. The van der Waals surface area contributed by atoms with E-state index in [1.165, 1.54) is 12.1 Å². The van der Waals surface area contributed by atoms with Crippen LogP contribution < -0.4 is 5.32 Å². The maximum absolute atomic E-state index is 13.3. The average Bonchev–Trinajstić information content (AvgIpc) is 2.24. The molecule has 94 valence electrons. The van der Waals surface area contributed by atoms with E-state index in [4.69, 9.17) is 5.11 Å². The number of aliphatic hydroxyl groups is 1. The SMILES string of the molecule is CC(C)[C@@H](CO)Nc1cccc(F)c1[N+](=O)[O-]. The Balaban J connectivity index is 3.05. The highest BCUT2D eigenvalue weighted by atomic mass is 19.1. The van der Waals surface area contributed by atoms with Gasteiger partial charge < -0.3 is 10.4 Å². The van der Waals surface area contributed by atoms with Gasteiger partial charge in [-0.3, -0.25) is 10.1 Å². The zero-order chi connectivity index (χ0) is 13.0. The van der Waals surface area contributed by atoms with Crippen molar-refractivity contribution in [3.05, 3.63) is 34.1 Å². The Kier molecular flexibility index (Phi) is 4.39. The van der Waals surface area contributed by atoms with E-state index in [0.29, 0.717) is 0 Å². The molecule has 0 bridgehead atoms. The molecule has 0 fully saturated rings. The van der Waals surface area contributed by atoms with Gasteiger partial charge in [0.15, 0.2) is 0 Å². The summed E-state index contributed by atoms with van der Waals surface area (Å²) in [5.74, 6) is -0.816. The topological polar surface area (TPSA) is 75.4 Å². The lowest BCUT2D eigenvalue weighted by Crippen LogP contribution is -2.29. The van der Waals surface area contributed by atoms with Crippen LogP contribution in [0.4, 0.5) is 15.8 Å². The van der Waals surface area contributed by atoms with E-state index >= 15 is 0 Å². The molecule has 1 atom stereocenters. The van der Waals surface area contributed by atoms with Crippen LogP contribution in [0, 0.1) is 21.8 Å². The number of rotatable bonds is 5. The summed E-state index contributed by atoms with van der Waals surface area (Å²) in [5, 5.41) is 22.7. The second-order valence-electron chi connectivity index (χ2n) is 4.07. The molecule has 0 amide bonds. The van der Waals surface area contributed by atoms with Crippen molar-refractivity contribution in [3.63, 3.8) is 0 Å². The van der Waals surface area contributed by atoms with E-state index in [1.54, 1.807) is 0 Å². The first-order chi connectivity index (χ1) is 7.97. The van der Waals surface area contributed by atoms with Crippen LogP contribution in [0.1, 0.15) is 13.8 Å². The van der Waals surface area contributed by atoms with Gasteiger partial charge in [0.1, 0.15) is 5.69 Å². The summed E-state index contributed by atoms with van der Waals surface area (Å²) in [7, 11) is 0. The molecule has 0 saturated carbocycles. The van der Waals surface area contributed by atoms with Gasteiger partial charge in [0.25, 0.3) is 0 Å². The number of benzene rings is 1. The van der Waals surface area contributed by atoms with Gasteiger partial charge >= 0.3 is 5.69 Å². The fourth-order valence-corrected chi connectivity index (χ4v) is 1.44. The molecule has 2 N–H and O–H groups in total. The van der Waals surface area contributed by atoms with Crippen LogP contribution in [0.25, 0.3) is 0 Å². The van der Waals surface area contributed by atoms with E-state index in [-0.39, 0.29) is 24.3 Å². The number of nitro groups is 1. The fraction of sp³-hybridized carbons (Fsp3) is 0.455. The molecule has 5 nitrogen and oxygen atoms in total. The van der Waals surface area contributed by atoms with Crippen molar-refractivity contribution in [2.45, 2.75) is 19.9 Å². The van der Waals surface area contributed by atoms with Crippen molar-refractivity contribution >= 4 is 11.4 Å². The largest absolute Gasteiger partial charge is 0.394 e. The molecule has 0 aliphatic carbocycles. The van der Waals surface area contributed by atoms with Crippen LogP contribution >= 0.6 is 0 Å². The monoisotopic (exact) mass is 242 g/mol. The van der Waals surface area contributed by atoms with Crippen LogP contribution in [0.2, 0.25) is 0 Å². The number of nitro benzene ring substituents is 1. The summed E-state index contributed by atoms with van der Waals surface area (Å²) >= 11 is 0. The zero-order valence-corrected chi connectivity index (χ0v) is 9.68. The Bertz CT molecular complexity index is 410. The number of nitrogens with zero attached hydrogens (tertiary/aromatic N) is 1. The summed E-state index contributed by atoms with van der Waals surface area (Å²) in [5.41, 5.74) is -0.505. The van der Waals surface area contributed by atoms with Gasteiger partial charge in [-0.1, -0.05) is 19.9 Å². The summed E-state index contributed by atoms with van der Waals surface area (Å²) in [6.45, 7) is 3.55. The summed E-state index contributed by atoms with van der Waals surface area (Å²) in [4.78, 5) is 9.97. The van der Waals surface area contributed by atoms with Crippen LogP contribution in [0.3, 0.4) is 0 Å². The fourth-order valence-electron chi connectivity index (χ4n) is 1.44. The second kappa shape index (κ2) is 5.58. The highest BCUT2D eigenvalue weighted by molar-refractivity contribution is 5.62. The molecule has 1 rings (SSSR count). The van der Waals surface area contributed by atoms with E-state index in [1.807, 2.05) is 13.8 Å². The van der Waals surface area contributed by atoms with E-state index < -0.39 is 16.4 Å². The van der Waals surface area contributed by atoms with Crippen molar-refractivity contribution in [2.75, 3.05) is 11.9 Å². The highest BCUT2D eigenvalue weighted by Crippen LogP contribution is 2.28. The van der Waals surface area contributed by atoms with Gasteiger partial charge in [-0.15, -0.1) is 0 Å². The molecule has 0 spiro atoms. The molecule has 0 aliphatic rings. The predicted octanol–water partition coefficient (Wildman–Crippen LogP) is 2.16. The lowest BCUT2D eigenvalue weighted by molar-refractivity contribution is -0.386. The first-order valence-corrected chi connectivity index (χ1v) is 5.27. The molecule has 0 radical (unpaired) electrons. The average molecular weight is 242 g/mol. The van der Waals surface area contributed by atoms with Gasteiger partial charge in [-0.25, -0.2) is 0 Å². The standard InChI is InChI=1S/C11H15FN2O3/c1-7(2)10(6-15)13-9-5-3-4-8(12)11(9)14(16)17/h3-5,7,10,13,15H,6H2,1-2H3/t10-/m1/s1. The van der Waals surface area contributed by atoms with Gasteiger partial charge in [0, 0.05) is 0 Å². The van der Waals surface area contributed by atoms with Crippen LogP contribution in [0.15, 0.2) is 18.2 Å². The Labute approximate surface area is 98.4 Å². The molecular weight excluding hydrogens is 227 g/mol. The number of anilines is 1. The maximum Gasteiger partial charge on any atom is 0.327 e. The van der Waals surface area contributed by atoms with Crippen molar-refractivity contribution in [3.8, 4) is 0 Å². The first kappa shape index (κ1) is 13.4. The zero-order valence-electron chi connectivity index (χ0n) is 9.68. The number of hydrogen-bond acceptors (Lipinski definition) is 4. The summed E-state index contributed by atoms with van der Waals surface area (Å²) < 4.78 is 13.3. The van der Waals surface area contributed by atoms with Crippen molar-refractivity contribution in [2.24, 2.45) is 5.92 Å². The molecule has 0 heterocycles. The number of para-hydroxylation sites is 1. The lowest BCUT2D eigenvalue weighted by atomic mass is 10.0. The van der Waals surface area contributed by atoms with Crippen LogP contribution in [-0.2, 0) is 0 Å². The van der Waals surface area contributed by atoms with Crippen molar-refractivity contribution in [1.82, 2.24) is 0 Å². The Morgan fingerprint density at radius 3 is 2.65 bits per heavy atom. The molecule has 6 heteroatoms. The van der Waals surface area contributed by atoms with Crippen molar-refractivity contribution in [1.29, 1.82) is 0 Å². The lowest BCUT2D eigenvalue weighted by Gasteiger charge is -2.20. The van der Waals surface area contributed by atoms with Crippen molar-refractivity contribution < 1.29 is 14.4 Å². The third kappa shape index (κ3) is 3.13. The summed E-state index contributed by atoms with van der Waals surface area (Å²) in [6.07, 6.45) is 0. The minimum absolute atomic E-state index is 0.0721. The van der Waals surface area contributed by atoms with Gasteiger partial charge in [0.05, 0.1) is 17.6 Å². The molecule has 0 unspecified atom stereocenters. The Morgan fingerprint density at radius 2 is 2.18 bits per heavy atom. The molecule has 0 saturated heterocycles. The highest BCUT2D eigenvalue weighted by Gasteiger charge is 2.22. The minimum atomic E-state index is -0.888. The van der Waals surface area contributed by atoms with Gasteiger partial charge in [0.2, 0.25) is 5.82 Å². The third-order valence-electron chi connectivity index (χ3n) is 2.51. The van der Waals surface area contributed by atoms with E-state index in [0.717, 1.165) is 6.07 Å². The van der Waals surface area contributed by atoms with Crippen LogP contribution in [-0.4, -0.2) is 22.7 Å². The number of nitrogens with one attached hydrogen (secondary N) is 1. The number of aliphatic hydroxyl groups excluding tert-OH is 1. The predicted molar refractivity (Wildman–Crippen MR) is 62.4 cm³/mol. The minimum Gasteiger partial charge on any atom is -0.394 e. The molecule has 17 heavy (non-hydrogen) atoms. The van der Waals surface area contributed by atoms with E-state index in [2.05, 4.69) is 5.32 Å². The summed E-state index contributed by atoms with van der Waals surface area (Å²) in [6, 6.07) is 3.49. The molecular formula is C11H15FN2O3. The van der Waals surface area contributed by atoms with Gasteiger partial charge in [-0.05, 0) is 18.1 Å². The first-order valence-electron chi connectivity index (χ1n) is 5.27. The third-order valence-corrected chi connectivity index (χ3v) is 2.51. The van der Waals surface area contributed by atoms with Gasteiger partial charge in [-0.2, -0.15) is 4.39 Å². The maximum atomic E-state index is 13.3. The van der Waals surface area contributed by atoms with E-state index in [9.17, 15) is 14.5 Å². The number of halogens is 1. The molecule has 1 aromatic rings. The Hall–Kier alpha value is -1.69. The second-order valence-corrected chi connectivity index (χ2v) is 4.07. The quantitative estimate of drug-likeness (QED) is 0.612. The number of hydrogen-bond donors (Lipinski definition) is 2.